The molecule has 0 aliphatic carbocycles. The Hall–Kier alpha value is -2.72. The second-order valence-corrected chi connectivity index (χ2v) is 7.32. The number of hydrogen-bond donors (Lipinski definition) is 0. The standard InChI is InChI=1S/C23H23NO2S/c1-24(16-20-8-6-7-11-22(20)26-2)23(25)19-14-12-18(13-15-19)17-27-21-9-4-3-5-10-21/h3-15H,16-17H2,1-2H3. The van der Waals surface area contributed by atoms with Crippen molar-refractivity contribution in [3.05, 3.63) is 95.6 Å². The van der Waals surface area contributed by atoms with Gasteiger partial charge in [0.15, 0.2) is 0 Å². The predicted octanol–water partition coefficient (Wildman–Crippen LogP) is 5.26. The van der Waals surface area contributed by atoms with E-state index in [-0.39, 0.29) is 5.91 Å². The number of hydrogen-bond acceptors (Lipinski definition) is 3. The molecule has 0 fully saturated rings. The van der Waals surface area contributed by atoms with Gasteiger partial charge in [-0.1, -0.05) is 48.5 Å². The molecule has 3 nitrogen and oxygen atoms in total. The van der Waals surface area contributed by atoms with Crippen LogP contribution in [0.1, 0.15) is 21.5 Å². The number of benzene rings is 3. The highest BCUT2D eigenvalue weighted by Gasteiger charge is 2.14. The number of rotatable bonds is 7. The summed E-state index contributed by atoms with van der Waals surface area (Å²) < 4.78 is 5.37. The van der Waals surface area contributed by atoms with Gasteiger partial charge in [-0.2, -0.15) is 0 Å². The Bertz CT molecular complexity index is 878. The fourth-order valence-electron chi connectivity index (χ4n) is 2.81. The van der Waals surface area contributed by atoms with Gasteiger partial charge in [0.1, 0.15) is 5.75 Å². The topological polar surface area (TPSA) is 29.5 Å². The maximum Gasteiger partial charge on any atom is 0.253 e. The fraction of sp³-hybridized carbons (Fsp3) is 0.174. The molecule has 138 valence electrons. The van der Waals surface area contributed by atoms with Crippen LogP contribution in [0.4, 0.5) is 0 Å². The number of ether oxygens (including phenoxy) is 1. The second-order valence-electron chi connectivity index (χ2n) is 6.27. The molecule has 0 unspecified atom stereocenters. The van der Waals surface area contributed by atoms with Crippen molar-refractivity contribution in [3.63, 3.8) is 0 Å². The van der Waals surface area contributed by atoms with Gasteiger partial charge in [0, 0.05) is 35.4 Å². The third-order valence-corrected chi connectivity index (χ3v) is 5.38. The molecular formula is C23H23NO2S. The lowest BCUT2D eigenvalue weighted by Crippen LogP contribution is -2.26. The van der Waals surface area contributed by atoms with E-state index in [9.17, 15) is 4.79 Å². The number of thioether (sulfide) groups is 1. The molecule has 3 aromatic carbocycles. The number of carbonyl (C=O) groups excluding carboxylic acids is 1. The summed E-state index contributed by atoms with van der Waals surface area (Å²) >= 11 is 1.79. The van der Waals surface area contributed by atoms with Crippen molar-refractivity contribution in [1.82, 2.24) is 4.90 Å². The molecule has 0 N–H and O–H groups in total. The largest absolute Gasteiger partial charge is 0.496 e. The lowest BCUT2D eigenvalue weighted by atomic mass is 10.1. The van der Waals surface area contributed by atoms with E-state index in [0.29, 0.717) is 12.1 Å². The van der Waals surface area contributed by atoms with Gasteiger partial charge in [0.2, 0.25) is 0 Å². The van der Waals surface area contributed by atoms with Crippen LogP contribution in [0, 0.1) is 0 Å². The number of para-hydroxylation sites is 1. The van der Waals surface area contributed by atoms with Gasteiger partial charge in [-0.05, 0) is 35.9 Å². The third kappa shape index (κ3) is 5.14. The Balaban J connectivity index is 1.61. The Morgan fingerprint density at radius 3 is 2.30 bits per heavy atom. The molecule has 0 bridgehead atoms. The molecule has 1 amide bonds. The first-order chi connectivity index (χ1) is 13.2. The molecule has 0 aliphatic heterocycles. The summed E-state index contributed by atoms with van der Waals surface area (Å²) in [6, 6.07) is 26.0. The van der Waals surface area contributed by atoms with E-state index in [1.54, 1.807) is 23.8 Å². The first kappa shape index (κ1) is 19.1. The van der Waals surface area contributed by atoms with Crippen LogP contribution in [0.15, 0.2) is 83.8 Å². The SMILES string of the molecule is COc1ccccc1CN(C)C(=O)c1ccc(CSc2ccccc2)cc1. The van der Waals surface area contributed by atoms with Crippen molar-refractivity contribution < 1.29 is 9.53 Å². The minimum absolute atomic E-state index is 0.00293. The van der Waals surface area contributed by atoms with Crippen LogP contribution >= 0.6 is 11.8 Å². The summed E-state index contributed by atoms with van der Waals surface area (Å²) in [4.78, 5) is 15.7. The maximum atomic E-state index is 12.7. The van der Waals surface area contributed by atoms with Gasteiger partial charge in [-0.3, -0.25) is 4.79 Å². The highest BCUT2D eigenvalue weighted by Crippen LogP contribution is 2.23. The quantitative estimate of drug-likeness (QED) is 0.526. The highest BCUT2D eigenvalue weighted by atomic mass is 32.2. The Kier molecular flexibility index (Phi) is 6.55. The second kappa shape index (κ2) is 9.28. The van der Waals surface area contributed by atoms with E-state index in [2.05, 4.69) is 12.1 Å². The smallest absolute Gasteiger partial charge is 0.253 e. The van der Waals surface area contributed by atoms with Crippen molar-refractivity contribution in [3.8, 4) is 5.75 Å². The van der Waals surface area contributed by atoms with Crippen molar-refractivity contribution in [2.45, 2.75) is 17.2 Å². The van der Waals surface area contributed by atoms with Crippen LogP contribution in [0.5, 0.6) is 5.75 Å². The average Bonchev–Trinajstić information content (AvgIpc) is 2.73. The van der Waals surface area contributed by atoms with Crippen molar-refractivity contribution in [1.29, 1.82) is 0 Å². The van der Waals surface area contributed by atoms with Crippen molar-refractivity contribution >= 4 is 17.7 Å². The summed E-state index contributed by atoms with van der Waals surface area (Å²) in [5.41, 5.74) is 2.89. The zero-order valence-corrected chi connectivity index (χ0v) is 16.4. The molecule has 0 aliphatic rings. The van der Waals surface area contributed by atoms with Gasteiger partial charge in [0.05, 0.1) is 7.11 Å². The first-order valence-electron chi connectivity index (χ1n) is 8.81. The van der Waals surface area contributed by atoms with Gasteiger partial charge >= 0.3 is 0 Å². The molecule has 3 aromatic rings. The highest BCUT2D eigenvalue weighted by molar-refractivity contribution is 7.98. The van der Waals surface area contributed by atoms with Gasteiger partial charge < -0.3 is 9.64 Å². The molecule has 0 atom stereocenters. The molecule has 3 rings (SSSR count). The molecule has 27 heavy (non-hydrogen) atoms. The number of carbonyl (C=O) groups is 1. The van der Waals surface area contributed by atoms with Crippen LogP contribution in [0.3, 0.4) is 0 Å². The number of amides is 1. The molecule has 0 radical (unpaired) electrons. The summed E-state index contributed by atoms with van der Waals surface area (Å²) in [5, 5.41) is 0. The molecule has 0 aromatic heterocycles. The lowest BCUT2D eigenvalue weighted by molar-refractivity contribution is 0.0784. The van der Waals surface area contributed by atoms with Crippen LogP contribution < -0.4 is 4.74 Å². The van der Waals surface area contributed by atoms with E-state index in [1.165, 1.54) is 10.5 Å². The predicted molar refractivity (Wildman–Crippen MR) is 111 cm³/mol. The van der Waals surface area contributed by atoms with Gasteiger partial charge in [-0.15, -0.1) is 11.8 Å². The fourth-order valence-corrected chi connectivity index (χ4v) is 3.68. The maximum absolute atomic E-state index is 12.7. The zero-order valence-electron chi connectivity index (χ0n) is 15.6. The lowest BCUT2D eigenvalue weighted by Gasteiger charge is -2.19. The molecular weight excluding hydrogens is 354 g/mol. The molecule has 0 saturated heterocycles. The Morgan fingerprint density at radius 2 is 1.59 bits per heavy atom. The van der Waals surface area contributed by atoms with Gasteiger partial charge in [-0.25, -0.2) is 0 Å². The normalized spacial score (nSPS) is 10.4. The third-order valence-electron chi connectivity index (χ3n) is 4.30. The van der Waals surface area contributed by atoms with E-state index in [4.69, 9.17) is 4.74 Å². The summed E-state index contributed by atoms with van der Waals surface area (Å²) in [6.07, 6.45) is 0. The summed E-state index contributed by atoms with van der Waals surface area (Å²) in [5.74, 6) is 1.68. The minimum Gasteiger partial charge on any atom is -0.496 e. The Morgan fingerprint density at radius 1 is 0.926 bits per heavy atom. The average molecular weight is 378 g/mol. The van der Waals surface area contributed by atoms with E-state index in [1.807, 2.05) is 73.8 Å². The summed E-state index contributed by atoms with van der Waals surface area (Å²) in [7, 11) is 3.46. The van der Waals surface area contributed by atoms with E-state index in [0.717, 1.165) is 17.1 Å². The molecule has 4 heteroatoms. The monoisotopic (exact) mass is 377 g/mol. The van der Waals surface area contributed by atoms with Crippen molar-refractivity contribution in [2.75, 3.05) is 14.2 Å². The van der Waals surface area contributed by atoms with Gasteiger partial charge in [0.25, 0.3) is 5.91 Å². The van der Waals surface area contributed by atoms with Crippen LogP contribution in [0.2, 0.25) is 0 Å². The zero-order chi connectivity index (χ0) is 19.1. The molecule has 0 spiro atoms. The minimum atomic E-state index is 0.00293. The van der Waals surface area contributed by atoms with Crippen LogP contribution in [-0.4, -0.2) is 25.0 Å². The molecule has 0 saturated carbocycles. The first-order valence-corrected chi connectivity index (χ1v) is 9.80. The van der Waals surface area contributed by atoms with E-state index < -0.39 is 0 Å². The number of nitrogens with zero attached hydrogens (tertiary/aromatic N) is 1. The van der Waals surface area contributed by atoms with Crippen LogP contribution in [-0.2, 0) is 12.3 Å². The Labute approximate surface area is 165 Å². The molecule has 0 heterocycles. The van der Waals surface area contributed by atoms with Crippen LogP contribution in [0.25, 0.3) is 0 Å². The number of methoxy groups -OCH3 is 1. The summed E-state index contributed by atoms with van der Waals surface area (Å²) in [6.45, 7) is 0.508. The van der Waals surface area contributed by atoms with Crippen molar-refractivity contribution in [2.24, 2.45) is 0 Å². The van der Waals surface area contributed by atoms with E-state index >= 15 is 0 Å².